The van der Waals surface area contributed by atoms with Crippen LogP contribution in [0.3, 0.4) is 0 Å². The van der Waals surface area contributed by atoms with Crippen molar-refractivity contribution < 1.29 is 19.0 Å². The minimum absolute atomic E-state index is 0.493. The number of carbonyl (C=O) groups is 1. The van der Waals surface area contributed by atoms with Gasteiger partial charge < -0.3 is 19.3 Å². The van der Waals surface area contributed by atoms with Gasteiger partial charge in [-0.3, -0.25) is 0 Å². The van der Waals surface area contributed by atoms with Crippen LogP contribution in [0.4, 0.5) is 15.9 Å². The van der Waals surface area contributed by atoms with E-state index < -0.39 is 23.6 Å². The van der Waals surface area contributed by atoms with Crippen LogP contribution in [0, 0.1) is 26.7 Å². The molecule has 5 rings (SSSR count). The fourth-order valence-electron chi connectivity index (χ4n) is 5.41. The molecule has 3 heterocycles. The molecule has 0 aliphatic carbocycles. The molecule has 4 aromatic rings. The number of halogens is 1. The zero-order valence-electron chi connectivity index (χ0n) is 22.1. The van der Waals surface area contributed by atoms with E-state index in [4.69, 9.17) is 4.74 Å². The van der Waals surface area contributed by atoms with E-state index in [0.29, 0.717) is 24.5 Å². The number of benzene rings is 2. The van der Waals surface area contributed by atoms with Crippen LogP contribution in [0.5, 0.6) is 0 Å². The Labute approximate surface area is 216 Å². The molecular formula is C30H32FN3O3. The molecule has 6 nitrogen and oxygen atoms in total. The number of aryl methyl sites for hydroxylation is 2. The summed E-state index contributed by atoms with van der Waals surface area (Å²) in [5.41, 5.74) is 6.50. The molecule has 2 aromatic heterocycles. The van der Waals surface area contributed by atoms with Gasteiger partial charge in [0, 0.05) is 29.7 Å². The van der Waals surface area contributed by atoms with Crippen LogP contribution in [0.15, 0.2) is 48.5 Å². The molecular weight excluding hydrogens is 469 g/mol. The van der Waals surface area contributed by atoms with Crippen molar-refractivity contribution in [2.45, 2.75) is 59.8 Å². The fraction of sp³-hybridized carbons (Fsp3) is 0.333. The lowest BCUT2D eigenvalue weighted by molar-refractivity contribution is -0.160. The van der Waals surface area contributed by atoms with Crippen molar-refractivity contribution in [2.24, 2.45) is 0 Å². The van der Waals surface area contributed by atoms with Crippen molar-refractivity contribution >= 4 is 28.4 Å². The first kappa shape index (κ1) is 25.0. The standard InChI is InChI=1S/C30H32FN3O3/c1-17-10-12-20(13-11-17)25-21-16-18(2)33-14-15-34(23-9-7-8-22(31)32-23)26(27(21)33)19(3)24(25)28(29(35)36)37-30(4,5)6/h7-13,16,28H,14-15H2,1-6H3,(H,35,36)/t28-/m0/s1. The Balaban J connectivity index is 1.91. The van der Waals surface area contributed by atoms with Crippen LogP contribution in [0.25, 0.3) is 22.0 Å². The minimum atomic E-state index is -1.20. The first-order valence-electron chi connectivity index (χ1n) is 12.5. The largest absolute Gasteiger partial charge is 0.479 e. The Hall–Kier alpha value is -3.71. The van der Waals surface area contributed by atoms with Crippen LogP contribution in [-0.4, -0.2) is 32.8 Å². The third-order valence-electron chi connectivity index (χ3n) is 6.92. The van der Waals surface area contributed by atoms with E-state index >= 15 is 0 Å². The molecule has 0 fully saturated rings. The summed E-state index contributed by atoms with van der Waals surface area (Å²) in [5.74, 6) is -1.12. The second-order valence-corrected chi connectivity index (χ2v) is 10.7. The third-order valence-corrected chi connectivity index (χ3v) is 6.92. The molecule has 2 aromatic carbocycles. The second kappa shape index (κ2) is 8.99. The molecule has 1 atom stereocenters. The lowest BCUT2D eigenvalue weighted by Crippen LogP contribution is -2.31. The van der Waals surface area contributed by atoms with Crippen LogP contribution in [-0.2, 0) is 16.1 Å². The number of rotatable bonds is 5. The van der Waals surface area contributed by atoms with Gasteiger partial charge in [0.15, 0.2) is 6.10 Å². The highest BCUT2D eigenvalue weighted by Crippen LogP contribution is 2.49. The molecule has 1 aliphatic rings. The summed E-state index contributed by atoms with van der Waals surface area (Å²) in [7, 11) is 0. The van der Waals surface area contributed by atoms with Crippen molar-refractivity contribution in [3.63, 3.8) is 0 Å². The number of anilines is 2. The summed E-state index contributed by atoms with van der Waals surface area (Å²) < 4.78 is 22.7. The maximum atomic E-state index is 14.2. The molecule has 0 bridgehead atoms. The summed E-state index contributed by atoms with van der Waals surface area (Å²) in [6, 6.07) is 15.0. The summed E-state index contributed by atoms with van der Waals surface area (Å²) in [6.07, 6.45) is -1.20. The number of carboxylic acids is 1. The molecule has 1 aliphatic heterocycles. The van der Waals surface area contributed by atoms with Crippen LogP contribution >= 0.6 is 0 Å². The van der Waals surface area contributed by atoms with Gasteiger partial charge in [0.2, 0.25) is 5.95 Å². The molecule has 0 saturated carbocycles. The average molecular weight is 502 g/mol. The molecule has 37 heavy (non-hydrogen) atoms. The maximum Gasteiger partial charge on any atom is 0.337 e. The molecule has 0 amide bonds. The molecule has 0 saturated heterocycles. The lowest BCUT2D eigenvalue weighted by atomic mass is 9.87. The quantitative estimate of drug-likeness (QED) is 0.303. The monoisotopic (exact) mass is 501 g/mol. The number of aromatic nitrogens is 2. The Kier molecular flexibility index (Phi) is 6.07. The number of carboxylic acid groups (broad SMARTS) is 1. The summed E-state index contributed by atoms with van der Waals surface area (Å²) >= 11 is 0. The zero-order chi connectivity index (χ0) is 26.6. The van der Waals surface area contributed by atoms with Crippen LogP contribution in [0.2, 0.25) is 0 Å². The topological polar surface area (TPSA) is 67.6 Å². The van der Waals surface area contributed by atoms with E-state index in [-0.39, 0.29) is 0 Å². The van der Waals surface area contributed by atoms with E-state index in [0.717, 1.165) is 44.5 Å². The summed E-state index contributed by atoms with van der Waals surface area (Å²) in [5, 5.41) is 11.4. The van der Waals surface area contributed by atoms with E-state index in [1.54, 1.807) is 12.1 Å². The highest BCUT2D eigenvalue weighted by atomic mass is 19.1. The molecule has 0 radical (unpaired) electrons. The van der Waals surface area contributed by atoms with Crippen molar-refractivity contribution in [1.29, 1.82) is 0 Å². The lowest BCUT2D eigenvalue weighted by Gasteiger charge is -2.35. The molecule has 1 N–H and O–H groups in total. The Morgan fingerprint density at radius 1 is 1.08 bits per heavy atom. The summed E-state index contributed by atoms with van der Waals surface area (Å²) in [4.78, 5) is 18.9. The zero-order valence-corrected chi connectivity index (χ0v) is 22.1. The van der Waals surface area contributed by atoms with Gasteiger partial charge in [0.05, 0.1) is 16.8 Å². The third kappa shape index (κ3) is 4.37. The first-order chi connectivity index (χ1) is 17.5. The molecule has 192 valence electrons. The van der Waals surface area contributed by atoms with Crippen molar-refractivity contribution in [3.05, 3.63) is 76.9 Å². The Morgan fingerprint density at radius 2 is 1.78 bits per heavy atom. The van der Waals surface area contributed by atoms with Crippen LogP contribution < -0.4 is 4.90 Å². The van der Waals surface area contributed by atoms with Gasteiger partial charge in [-0.1, -0.05) is 35.9 Å². The summed E-state index contributed by atoms with van der Waals surface area (Å²) in [6.45, 7) is 12.9. The van der Waals surface area contributed by atoms with Crippen molar-refractivity contribution in [3.8, 4) is 11.1 Å². The van der Waals surface area contributed by atoms with Gasteiger partial charge in [-0.2, -0.15) is 4.39 Å². The number of hydrogen-bond acceptors (Lipinski definition) is 4. The van der Waals surface area contributed by atoms with E-state index in [1.807, 2.05) is 63.8 Å². The molecule has 0 unspecified atom stereocenters. The average Bonchev–Trinajstić information content (AvgIpc) is 3.16. The van der Waals surface area contributed by atoms with Gasteiger partial charge in [0.1, 0.15) is 5.82 Å². The Bertz CT molecular complexity index is 1520. The number of ether oxygens (including phenoxy) is 1. The van der Waals surface area contributed by atoms with Gasteiger partial charge in [-0.05, 0) is 76.4 Å². The molecule has 0 spiro atoms. The Morgan fingerprint density at radius 3 is 2.41 bits per heavy atom. The van der Waals surface area contributed by atoms with E-state index in [1.165, 1.54) is 6.07 Å². The number of nitrogens with zero attached hydrogens (tertiary/aromatic N) is 3. The smallest absolute Gasteiger partial charge is 0.337 e. The number of pyridine rings is 1. The van der Waals surface area contributed by atoms with Gasteiger partial charge in [-0.15, -0.1) is 0 Å². The van der Waals surface area contributed by atoms with Crippen molar-refractivity contribution in [1.82, 2.24) is 9.55 Å². The second-order valence-electron chi connectivity index (χ2n) is 10.7. The highest BCUT2D eigenvalue weighted by molar-refractivity contribution is 6.08. The SMILES string of the molecule is Cc1ccc(-c2c([C@H](OC(C)(C)C)C(=O)O)c(C)c3c4c2cc(C)n4CCN3c2cccc(F)n2)cc1. The highest BCUT2D eigenvalue weighted by Gasteiger charge is 2.36. The van der Waals surface area contributed by atoms with Gasteiger partial charge in [-0.25, -0.2) is 9.78 Å². The van der Waals surface area contributed by atoms with Crippen LogP contribution in [0.1, 0.15) is 49.3 Å². The number of hydrogen-bond donors (Lipinski definition) is 1. The minimum Gasteiger partial charge on any atom is -0.479 e. The predicted molar refractivity (Wildman–Crippen MR) is 144 cm³/mol. The van der Waals surface area contributed by atoms with Gasteiger partial charge in [0.25, 0.3) is 0 Å². The fourth-order valence-corrected chi connectivity index (χ4v) is 5.41. The number of aliphatic carboxylic acids is 1. The normalized spacial score (nSPS) is 14.3. The van der Waals surface area contributed by atoms with E-state index in [9.17, 15) is 14.3 Å². The predicted octanol–water partition coefficient (Wildman–Crippen LogP) is 6.86. The van der Waals surface area contributed by atoms with E-state index in [2.05, 4.69) is 22.5 Å². The van der Waals surface area contributed by atoms with Gasteiger partial charge >= 0.3 is 5.97 Å². The molecule has 7 heteroatoms. The van der Waals surface area contributed by atoms with Crippen molar-refractivity contribution in [2.75, 3.05) is 11.4 Å². The maximum absolute atomic E-state index is 14.2. The first-order valence-corrected chi connectivity index (χ1v) is 12.5.